The van der Waals surface area contributed by atoms with Crippen molar-refractivity contribution in [1.29, 1.82) is 0 Å². The molecule has 0 aromatic carbocycles. The molecule has 4 aliphatic carbocycles. The lowest BCUT2D eigenvalue weighted by atomic mass is 9.46. The van der Waals surface area contributed by atoms with E-state index in [0.717, 1.165) is 49.4 Å². The Morgan fingerprint density at radius 2 is 1.93 bits per heavy atom. The fourth-order valence-corrected chi connectivity index (χ4v) is 7.87. The van der Waals surface area contributed by atoms with Crippen LogP contribution in [0, 0.1) is 34.5 Å². The lowest BCUT2D eigenvalue weighted by molar-refractivity contribution is -0.143. The molecule has 4 rings (SSSR count). The van der Waals surface area contributed by atoms with E-state index in [-0.39, 0.29) is 11.4 Å². The first-order valence-corrected chi connectivity index (χ1v) is 11.8. The molecule has 0 aliphatic heterocycles. The average molecular weight is 387 g/mol. The number of hydrogen-bond donors (Lipinski definition) is 0. The third-order valence-electron chi connectivity index (χ3n) is 9.40. The zero-order valence-electron chi connectivity index (χ0n) is 18.1. The molecule has 0 saturated heterocycles. The van der Waals surface area contributed by atoms with Crippen LogP contribution in [0.4, 0.5) is 0 Å². The number of hydrogen-bond acceptors (Lipinski definition) is 3. The molecule has 3 heteroatoms. The number of fused-ring (bicyclic) bond motifs is 5. The standard InChI is InChI=1S/C25H38O3/c1-4-28-23(27)7-5-6-17-9-11-21-20-10-8-18-16-19(26)12-14-25(18,3)22(20)13-15-24(17,21)2/h16-17,20-22H,4-15H2,1-3H3. The first-order valence-electron chi connectivity index (χ1n) is 11.8. The molecule has 0 aromatic heterocycles. The van der Waals surface area contributed by atoms with Gasteiger partial charge in [0.15, 0.2) is 5.78 Å². The second kappa shape index (κ2) is 7.61. The van der Waals surface area contributed by atoms with E-state index in [0.29, 0.717) is 24.2 Å². The van der Waals surface area contributed by atoms with E-state index in [2.05, 4.69) is 13.8 Å². The van der Waals surface area contributed by atoms with Gasteiger partial charge in [-0.2, -0.15) is 0 Å². The minimum atomic E-state index is -0.0303. The van der Waals surface area contributed by atoms with Crippen LogP contribution in [0.5, 0.6) is 0 Å². The molecule has 0 heterocycles. The van der Waals surface area contributed by atoms with Crippen LogP contribution in [0.2, 0.25) is 0 Å². The molecule has 6 unspecified atom stereocenters. The molecule has 0 bridgehead atoms. The van der Waals surface area contributed by atoms with Gasteiger partial charge in [0.05, 0.1) is 6.61 Å². The van der Waals surface area contributed by atoms with Crippen LogP contribution >= 0.6 is 0 Å². The van der Waals surface area contributed by atoms with Gasteiger partial charge in [-0.05, 0) is 105 Å². The SMILES string of the molecule is CCOC(=O)CCCC1CCC2C3CCC4=CC(=O)CCC4(C)C3CCC12C. The minimum absolute atomic E-state index is 0.0303. The smallest absolute Gasteiger partial charge is 0.305 e. The molecule has 0 radical (unpaired) electrons. The van der Waals surface area contributed by atoms with E-state index < -0.39 is 0 Å². The van der Waals surface area contributed by atoms with Crippen LogP contribution in [-0.2, 0) is 14.3 Å². The van der Waals surface area contributed by atoms with E-state index in [9.17, 15) is 9.59 Å². The van der Waals surface area contributed by atoms with E-state index in [1.54, 1.807) is 0 Å². The molecule has 3 nitrogen and oxygen atoms in total. The number of carbonyl (C=O) groups is 2. The quantitative estimate of drug-likeness (QED) is 0.555. The zero-order chi connectivity index (χ0) is 19.9. The zero-order valence-corrected chi connectivity index (χ0v) is 18.1. The van der Waals surface area contributed by atoms with Crippen LogP contribution < -0.4 is 0 Å². The monoisotopic (exact) mass is 386 g/mol. The fourth-order valence-electron chi connectivity index (χ4n) is 7.87. The van der Waals surface area contributed by atoms with E-state index in [1.807, 2.05) is 13.0 Å². The van der Waals surface area contributed by atoms with Crippen molar-refractivity contribution in [2.75, 3.05) is 6.61 Å². The number of ether oxygens (including phenoxy) is 1. The van der Waals surface area contributed by atoms with E-state index in [4.69, 9.17) is 4.74 Å². The fraction of sp³-hybridized carbons (Fsp3) is 0.840. The van der Waals surface area contributed by atoms with Crippen LogP contribution in [-0.4, -0.2) is 18.4 Å². The Labute approximate surface area is 170 Å². The predicted molar refractivity (Wildman–Crippen MR) is 111 cm³/mol. The van der Waals surface area contributed by atoms with Crippen LogP contribution in [0.1, 0.15) is 91.4 Å². The lowest BCUT2D eigenvalue weighted by Gasteiger charge is -2.58. The van der Waals surface area contributed by atoms with Crippen LogP contribution in [0.25, 0.3) is 0 Å². The highest BCUT2D eigenvalue weighted by Crippen LogP contribution is 2.67. The second-order valence-electron chi connectivity index (χ2n) is 10.5. The van der Waals surface area contributed by atoms with Gasteiger partial charge in [-0.15, -0.1) is 0 Å². The normalized spacial score (nSPS) is 42.2. The van der Waals surface area contributed by atoms with E-state index >= 15 is 0 Å². The van der Waals surface area contributed by atoms with E-state index in [1.165, 1.54) is 44.1 Å². The Hall–Kier alpha value is -1.12. The van der Waals surface area contributed by atoms with Crippen molar-refractivity contribution in [1.82, 2.24) is 0 Å². The van der Waals surface area contributed by atoms with Crippen molar-refractivity contribution < 1.29 is 14.3 Å². The summed E-state index contributed by atoms with van der Waals surface area (Å²) in [6.07, 6.45) is 14.4. The maximum absolute atomic E-state index is 12.0. The highest BCUT2D eigenvalue weighted by Gasteiger charge is 2.58. The Morgan fingerprint density at radius 1 is 1.11 bits per heavy atom. The minimum Gasteiger partial charge on any atom is -0.466 e. The average Bonchev–Trinajstić information content (AvgIpc) is 2.99. The van der Waals surface area contributed by atoms with Gasteiger partial charge < -0.3 is 4.74 Å². The van der Waals surface area contributed by atoms with Crippen molar-refractivity contribution in [3.8, 4) is 0 Å². The van der Waals surface area contributed by atoms with Gasteiger partial charge in [0, 0.05) is 12.8 Å². The number of ketones is 1. The molecule has 0 spiro atoms. The third-order valence-corrected chi connectivity index (χ3v) is 9.40. The van der Waals surface area contributed by atoms with Gasteiger partial charge in [-0.25, -0.2) is 0 Å². The van der Waals surface area contributed by atoms with Gasteiger partial charge in [0.1, 0.15) is 0 Å². The summed E-state index contributed by atoms with van der Waals surface area (Å²) in [5.41, 5.74) is 2.20. The van der Waals surface area contributed by atoms with Gasteiger partial charge in [-0.1, -0.05) is 19.4 Å². The molecule has 0 aromatic rings. The number of allylic oxidation sites excluding steroid dienone is 1. The first-order chi connectivity index (χ1) is 13.4. The maximum Gasteiger partial charge on any atom is 0.305 e. The van der Waals surface area contributed by atoms with Gasteiger partial charge >= 0.3 is 5.97 Å². The molecule has 6 atom stereocenters. The second-order valence-corrected chi connectivity index (χ2v) is 10.5. The van der Waals surface area contributed by atoms with Crippen molar-refractivity contribution in [2.45, 2.75) is 91.4 Å². The first kappa shape index (κ1) is 20.2. The maximum atomic E-state index is 12.0. The molecule has 0 amide bonds. The van der Waals surface area contributed by atoms with Crippen molar-refractivity contribution >= 4 is 11.8 Å². The lowest BCUT2D eigenvalue weighted by Crippen LogP contribution is -2.50. The van der Waals surface area contributed by atoms with Crippen LogP contribution in [0.3, 0.4) is 0 Å². The molecule has 3 saturated carbocycles. The molecule has 156 valence electrons. The highest BCUT2D eigenvalue weighted by atomic mass is 16.5. The highest BCUT2D eigenvalue weighted by molar-refractivity contribution is 5.91. The summed E-state index contributed by atoms with van der Waals surface area (Å²) in [4.78, 5) is 23.7. The van der Waals surface area contributed by atoms with Crippen LogP contribution in [0.15, 0.2) is 11.6 Å². The van der Waals surface area contributed by atoms with Crippen molar-refractivity contribution in [3.05, 3.63) is 11.6 Å². The summed E-state index contributed by atoms with van der Waals surface area (Å²) in [5.74, 6) is 3.55. The Morgan fingerprint density at radius 3 is 2.71 bits per heavy atom. The Kier molecular flexibility index (Phi) is 5.48. The molecular weight excluding hydrogens is 348 g/mol. The number of carbonyl (C=O) groups excluding carboxylic acids is 2. The van der Waals surface area contributed by atoms with Crippen molar-refractivity contribution in [3.63, 3.8) is 0 Å². The summed E-state index contributed by atoms with van der Waals surface area (Å²) >= 11 is 0. The summed E-state index contributed by atoms with van der Waals surface area (Å²) in [6.45, 7) is 7.41. The largest absolute Gasteiger partial charge is 0.466 e. The molecule has 28 heavy (non-hydrogen) atoms. The summed E-state index contributed by atoms with van der Waals surface area (Å²) in [7, 11) is 0. The summed E-state index contributed by atoms with van der Waals surface area (Å²) in [6, 6.07) is 0. The predicted octanol–water partition coefficient (Wildman–Crippen LogP) is 5.87. The van der Waals surface area contributed by atoms with Gasteiger partial charge in [0.2, 0.25) is 0 Å². The summed E-state index contributed by atoms with van der Waals surface area (Å²) < 4.78 is 5.11. The molecule has 0 N–H and O–H groups in total. The number of rotatable bonds is 5. The Balaban J connectivity index is 1.44. The van der Waals surface area contributed by atoms with Crippen molar-refractivity contribution in [2.24, 2.45) is 34.5 Å². The van der Waals surface area contributed by atoms with Gasteiger partial charge in [-0.3, -0.25) is 9.59 Å². The summed E-state index contributed by atoms with van der Waals surface area (Å²) in [5, 5.41) is 0. The number of esters is 1. The third kappa shape index (κ3) is 3.27. The molecular formula is C25H38O3. The molecule has 4 aliphatic rings. The Bertz CT molecular complexity index is 665. The topological polar surface area (TPSA) is 43.4 Å². The molecule has 3 fully saturated rings. The van der Waals surface area contributed by atoms with Gasteiger partial charge in [0.25, 0.3) is 0 Å².